The normalized spacial score (nSPS) is 14.9. The minimum absolute atomic E-state index is 0.0668. The number of nitrogens with one attached hydrogen (secondary N) is 1. The van der Waals surface area contributed by atoms with E-state index in [1.807, 2.05) is 13.8 Å². The number of amides is 2. The number of aliphatic carboxylic acids is 1. The van der Waals surface area contributed by atoms with E-state index in [1.165, 1.54) is 0 Å². The van der Waals surface area contributed by atoms with Crippen LogP contribution in [0.3, 0.4) is 0 Å². The van der Waals surface area contributed by atoms with Crippen molar-refractivity contribution in [3.63, 3.8) is 0 Å². The standard InChI is InChI=1S/C11H20N2O3/c1-8(2)13(7-3-4-10(14)15)11(16)12-9-5-6-9/h8-9H,3-7H2,1-2H3,(H,12,16)(H,14,15). The Hall–Kier alpha value is -1.26. The summed E-state index contributed by atoms with van der Waals surface area (Å²) in [6.45, 7) is 4.38. The Morgan fingerprint density at radius 3 is 2.50 bits per heavy atom. The molecule has 0 radical (unpaired) electrons. The van der Waals surface area contributed by atoms with Crippen LogP contribution in [0.15, 0.2) is 0 Å². The minimum atomic E-state index is -0.814. The van der Waals surface area contributed by atoms with Gasteiger partial charge in [0.1, 0.15) is 0 Å². The van der Waals surface area contributed by atoms with Crippen LogP contribution in [0.4, 0.5) is 4.79 Å². The second-order valence-electron chi connectivity index (χ2n) is 4.51. The van der Waals surface area contributed by atoms with Gasteiger partial charge in [-0.1, -0.05) is 0 Å². The Balaban J connectivity index is 2.33. The van der Waals surface area contributed by atoms with Gasteiger partial charge in [-0.05, 0) is 33.1 Å². The summed E-state index contributed by atoms with van der Waals surface area (Å²) in [6, 6.07) is 0.378. The topological polar surface area (TPSA) is 69.6 Å². The number of rotatable bonds is 6. The Kier molecular flexibility index (Phi) is 4.58. The molecule has 0 aromatic rings. The van der Waals surface area contributed by atoms with Gasteiger partial charge in [0.2, 0.25) is 0 Å². The van der Waals surface area contributed by atoms with E-state index in [0.717, 1.165) is 12.8 Å². The van der Waals surface area contributed by atoms with Crippen molar-refractivity contribution in [3.8, 4) is 0 Å². The van der Waals surface area contributed by atoms with Crippen LogP contribution in [0.1, 0.15) is 39.5 Å². The van der Waals surface area contributed by atoms with E-state index in [1.54, 1.807) is 4.90 Å². The lowest BCUT2D eigenvalue weighted by Crippen LogP contribution is -2.45. The monoisotopic (exact) mass is 228 g/mol. The van der Waals surface area contributed by atoms with Gasteiger partial charge in [0.25, 0.3) is 0 Å². The Labute approximate surface area is 95.8 Å². The Morgan fingerprint density at radius 1 is 1.44 bits per heavy atom. The summed E-state index contributed by atoms with van der Waals surface area (Å²) in [5.74, 6) is -0.814. The number of carbonyl (C=O) groups excluding carboxylic acids is 1. The summed E-state index contributed by atoms with van der Waals surface area (Å²) in [7, 11) is 0. The highest BCUT2D eigenvalue weighted by Gasteiger charge is 2.26. The van der Waals surface area contributed by atoms with Crippen molar-refractivity contribution in [1.82, 2.24) is 10.2 Å². The predicted octanol–water partition coefficient (Wildman–Crippen LogP) is 1.43. The fraction of sp³-hybridized carbons (Fsp3) is 0.818. The van der Waals surface area contributed by atoms with E-state index in [2.05, 4.69) is 5.32 Å². The third kappa shape index (κ3) is 4.51. The van der Waals surface area contributed by atoms with Crippen LogP contribution in [-0.4, -0.2) is 40.6 Å². The molecule has 1 rings (SSSR count). The van der Waals surface area contributed by atoms with E-state index in [4.69, 9.17) is 5.11 Å². The van der Waals surface area contributed by atoms with Crippen LogP contribution in [0.5, 0.6) is 0 Å². The second-order valence-corrected chi connectivity index (χ2v) is 4.51. The van der Waals surface area contributed by atoms with Gasteiger partial charge in [0.15, 0.2) is 0 Å². The molecular formula is C11H20N2O3. The summed E-state index contributed by atoms with van der Waals surface area (Å²) < 4.78 is 0. The van der Waals surface area contributed by atoms with E-state index >= 15 is 0 Å². The van der Waals surface area contributed by atoms with Crippen LogP contribution >= 0.6 is 0 Å². The van der Waals surface area contributed by atoms with Gasteiger partial charge in [-0.15, -0.1) is 0 Å². The molecule has 5 heteroatoms. The van der Waals surface area contributed by atoms with Crippen molar-refractivity contribution < 1.29 is 14.7 Å². The third-order valence-corrected chi connectivity index (χ3v) is 2.58. The van der Waals surface area contributed by atoms with Crippen molar-refractivity contribution >= 4 is 12.0 Å². The molecule has 1 saturated carbocycles. The first-order chi connectivity index (χ1) is 7.50. The molecule has 2 N–H and O–H groups in total. The van der Waals surface area contributed by atoms with E-state index in [9.17, 15) is 9.59 Å². The molecule has 1 fully saturated rings. The SMILES string of the molecule is CC(C)N(CCCC(=O)O)C(=O)NC1CC1. The molecule has 1 aliphatic carbocycles. The summed E-state index contributed by atoms with van der Waals surface area (Å²) in [5.41, 5.74) is 0. The lowest BCUT2D eigenvalue weighted by atomic mass is 10.2. The van der Waals surface area contributed by atoms with Crippen molar-refractivity contribution in [2.45, 2.75) is 51.6 Å². The molecule has 0 unspecified atom stereocenters. The molecule has 0 aromatic heterocycles. The molecule has 0 aromatic carbocycles. The maximum atomic E-state index is 11.8. The first-order valence-corrected chi connectivity index (χ1v) is 5.79. The van der Waals surface area contributed by atoms with Crippen molar-refractivity contribution in [3.05, 3.63) is 0 Å². The molecule has 0 spiro atoms. The fourth-order valence-electron chi connectivity index (χ4n) is 1.48. The summed E-state index contributed by atoms with van der Waals surface area (Å²) in [4.78, 5) is 23.9. The lowest BCUT2D eigenvalue weighted by Gasteiger charge is -2.26. The van der Waals surface area contributed by atoms with Gasteiger partial charge >= 0.3 is 12.0 Å². The first-order valence-electron chi connectivity index (χ1n) is 5.79. The number of nitrogens with zero attached hydrogens (tertiary/aromatic N) is 1. The van der Waals surface area contributed by atoms with Crippen molar-refractivity contribution in [1.29, 1.82) is 0 Å². The van der Waals surface area contributed by atoms with Crippen molar-refractivity contribution in [2.24, 2.45) is 0 Å². The zero-order chi connectivity index (χ0) is 12.1. The molecule has 5 nitrogen and oxygen atoms in total. The molecule has 16 heavy (non-hydrogen) atoms. The molecule has 0 heterocycles. The van der Waals surface area contributed by atoms with Crippen LogP contribution in [0.2, 0.25) is 0 Å². The van der Waals surface area contributed by atoms with Gasteiger partial charge in [-0.25, -0.2) is 4.79 Å². The Morgan fingerprint density at radius 2 is 2.06 bits per heavy atom. The fourth-order valence-corrected chi connectivity index (χ4v) is 1.48. The average Bonchev–Trinajstić information content (AvgIpc) is 2.94. The highest BCUT2D eigenvalue weighted by molar-refractivity contribution is 5.75. The molecule has 1 aliphatic rings. The smallest absolute Gasteiger partial charge is 0.317 e. The number of urea groups is 1. The number of carboxylic acids is 1. The second kappa shape index (κ2) is 5.72. The number of hydrogen-bond acceptors (Lipinski definition) is 2. The molecule has 0 saturated heterocycles. The lowest BCUT2D eigenvalue weighted by molar-refractivity contribution is -0.137. The zero-order valence-electron chi connectivity index (χ0n) is 9.90. The molecule has 92 valence electrons. The maximum absolute atomic E-state index is 11.8. The molecule has 0 atom stereocenters. The highest BCUT2D eigenvalue weighted by Crippen LogP contribution is 2.19. The van der Waals surface area contributed by atoms with E-state index in [0.29, 0.717) is 19.0 Å². The largest absolute Gasteiger partial charge is 0.481 e. The maximum Gasteiger partial charge on any atom is 0.317 e. The Bertz CT molecular complexity index is 262. The summed E-state index contributed by atoms with van der Waals surface area (Å²) >= 11 is 0. The molecule has 2 amide bonds. The molecular weight excluding hydrogens is 208 g/mol. The van der Waals surface area contributed by atoms with Crippen LogP contribution in [-0.2, 0) is 4.79 Å². The highest BCUT2D eigenvalue weighted by atomic mass is 16.4. The van der Waals surface area contributed by atoms with Gasteiger partial charge in [0.05, 0.1) is 0 Å². The zero-order valence-corrected chi connectivity index (χ0v) is 9.90. The van der Waals surface area contributed by atoms with Crippen LogP contribution in [0.25, 0.3) is 0 Å². The van der Waals surface area contributed by atoms with Crippen LogP contribution in [0, 0.1) is 0 Å². The summed E-state index contributed by atoms with van der Waals surface area (Å²) in [6.07, 6.45) is 2.74. The molecule has 0 aliphatic heterocycles. The van der Waals surface area contributed by atoms with Gasteiger partial charge in [0, 0.05) is 25.0 Å². The predicted molar refractivity (Wildman–Crippen MR) is 60.3 cm³/mol. The van der Waals surface area contributed by atoms with E-state index < -0.39 is 5.97 Å². The number of carboxylic acid groups (broad SMARTS) is 1. The van der Waals surface area contributed by atoms with E-state index in [-0.39, 0.29) is 18.5 Å². The molecule has 0 bridgehead atoms. The third-order valence-electron chi connectivity index (χ3n) is 2.58. The quantitative estimate of drug-likeness (QED) is 0.722. The first kappa shape index (κ1) is 12.8. The van der Waals surface area contributed by atoms with Gasteiger partial charge < -0.3 is 15.3 Å². The summed E-state index contributed by atoms with van der Waals surface area (Å²) in [5, 5.41) is 11.5. The van der Waals surface area contributed by atoms with Crippen molar-refractivity contribution in [2.75, 3.05) is 6.54 Å². The number of carbonyl (C=O) groups is 2. The average molecular weight is 228 g/mol. The van der Waals surface area contributed by atoms with Gasteiger partial charge in [-0.3, -0.25) is 4.79 Å². The minimum Gasteiger partial charge on any atom is -0.481 e. The number of hydrogen-bond donors (Lipinski definition) is 2. The van der Waals surface area contributed by atoms with Crippen LogP contribution < -0.4 is 5.32 Å². The van der Waals surface area contributed by atoms with Gasteiger partial charge in [-0.2, -0.15) is 0 Å².